The van der Waals surface area contributed by atoms with Crippen LogP contribution in [0.15, 0.2) is 66.0 Å². The molecule has 3 aromatic rings. The Kier molecular flexibility index (Phi) is 8.21. The van der Waals surface area contributed by atoms with Crippen LogP contribution in [0.1, 0.15) is 48.3 Å². The number of hydrogen-bond acceptors (Lipinski definition) is 5. The van der Waals surface area contributed by atoms with Gasteiger partial charge in [-0.1, -0.05) is 50.2 Å². The molecule has 1 aliphatic rings. The Morgan fingerprint density at radius 2 is 1.97 bits per heavy atom. The number of benzene rings is 2. The van der Waals surface area contributed by atoms with Gasteiger partial charge in [0.2, 0.25) is 15.0 Å². The van der Waals surface area contributed by atoms with Crippen LogP contribution in [0.3, 0.4) is 0 Å². The number of rotatable bonds is 10. The second-order valence-electron chi connectivity index (χ2n) is 9.61. The molecule has 0 saturated carbocycles. The van der Waals surface area contributed by atoms with Gasteiger partial charge in [-0.3, -0.25) is 4.79 Å². The highest BCUT2D eigenvalue weighted by atomic mass is 32.2. The Labute approximate surface area is 211 Å². The molecule has 1 fully saturated rings. The Bertz CT molecular complexity index is 1290. The lowest BCUT2D eigenvalue weighted by molar-refractivity contribution is 0.0500. The van der Waals surface area contributed by atoms with Gasteiger partial charge >= 0.3 is 0 Å². The van der Waals surface area contributed by atoms with Gasteiger partial charge in [0.25, 0.3) is 5.91 Å². The van der Waals surface area contributed by atoms with Crippen molar-refractivity contribution < 1.29 is 22.3 Å². The predicted octanol–water partition coefficient (Wildman–Crippen LogP) is 4.47. The van der Waals surface area contributed by atoms with Gasteiger partial charge in [0.15, 0.2) is 0 Å². The largest absolute Gasteiger partial charge is 0.376 e. The average molecular weight is 514 g/mol. The van der Waals surface area contributed by atoms with E-state index in [1.807, 2.05) is 19.9 Å². The van der Waals surface area contributed by atoms with Crippen LogP contribution in [-0.4, -0.2) is 48.0 Å². The molecule has 9 heteroatoms. The maximum atomic E-state index is 13.9. The van der Waals surface area contributed by atoms with Gasteiger partial charge in [0.1, 0.15) is 5.82 Å². The van der Waals surface area contributed by atoms with E-state index in [-0.39, 0.29) is 40.9 Å². The Hall–Kier alpha value is -3.04. The maximum absolute atomic E-state index is 13.9. The lowest BCUT2D eigenvalue weighted by Gasteiger charge is -2.26. The highest BCUT2D eigenvalue weighted by Gasteiger charge is 2.28. The molecule has 1 aromatic heterocycles. The molecule has 0 aliphatic carbocycles. The summed E-state index contributed by atoms with van der Waals surface area (Å²) < 4.78 is 48.0. The highest BCUT2D eigenvalue weighted by molar-refractivity contribution is 7.90. The maximum Gasteiger partial charge on any atom is 0.254 e. The molecule has 0 bridgehead atoms. The second-order valence-corrected chi connectivity index (χ2v) is 11.5. The summed E-state index contributed by atoms with van der Waals surface area (Å²) in [6.45, 7) is 5.53. The fourth-order valence-electron chi connectivity index (χ4n) is 4.44. The summed E-state index contributed by atoms with van der Waals surface area (Å²) in [4.78, 5) is 19.3. The molecular formula is C27H32FN3O4S. The first-order valence-corrected chi connectivity index (χ1v) is 13.9. The van der Waals surface area contributed by atoms with Crippen molar-refractivity contribution in [3.05, 3.63) is 83.4 Å². The highest BCUT2D eigenvalue weighted by Crippen LogP contribution is 2.22. The standard InChI is InChI=1S/C27H32FN3O4S/c1-20(2)16-31-24(15-29-27(31)36(33,34)19-21-8-4-3-5-9-21)17-30(18-25-12-7-13-35-25)26(32)22-10-6-11-23(28)14-22/h3-6,8-11,14-15,20,25H,7,12-13,16-19H2,1-2H3. The molecule has 192 valence electrons. The minimum absolute atomic E-state index is 0.00896. The number of hydrogen-bond donors (Lipinski definition) is 0. The van der Waals surface area contributed by atoms with Crippen molar-refractivity contribution in [3.8, 4) is 0 Å². The summed E-state index contributed by atoms with van der Waals surface area (Å²) >= 11 is 0. The van der Waals surface area contributed by atoms with E-state index < -0.39 is 15.7 Å². The summed E-state index contributed by atoms with van der Waals surface area (Å²) in [6.07, 6.45) is 3.15. The fourth-order valence-corrected chi connectivity index (χ4v) is 5.94. The first kappa shape index (κ1) is 26.0. The Morgan fingerprint density at radius 1 is 1.19 bits per heavy atom. The van der Waals surface area contributed by atoms with Gasteiger partial charge in [-0.25, -0.2) is 17.8 Å². The Morgan fingerprint density at radius 3 is 2.64 bits per heavy atom. The molecule has 0 radical (unpaired) electrons. The van der Waals surface area contributed by atoms with E-state index in [1.165, 1.54) is 24.4 Å². The van der Waals surface area contributed by atoms with E-state index in [4.69, 9.17) is 4.74 Å². The van der Waals surface area contributed by atoms with E-state index in [9.17, 15) is 17.6 Å². The molecular weight excluding hydrogens is 481 g/mol. The molecule has 1 saturated heterocycles. The molecule has 1 amide bonds. The molecule has 2 aromatic carbocycles. The number of nitrogens with zero attached hydrogens (tertiary/aromatic N) is 3. The number of carbonyl (C=O) groups excluding carboxylic acids is 1. The van der Waals surface area contributed by atoms with E-state index in [0.717, 1.165) is 12.8 Å². The van der Waals surface area contributed by atoms with E-state index in [2.05, 4.69) is 4.98 Å². The van der Waals surface area contributed by atoms with Gasteiger partial charge in [-0.15, -0.1) is 0 Å². The average Bonchev–Trinajstić information content (AvgIpc) is 3.49. The van der Waals surface area contributed by atoms with E-state index in [1.54, 1.807) is 39.8 Å². The molecule has 1 aliphatic heterocycles. The van der Waals surface area contributed by atoms with Crippen molar-refractivity contribution in [2.45, 2.75) is 56.8 Å². The summed E-state index contributed by atoms with van der Waals surface area (Å²) in [5.41, 5.74) is 1.53. The number of amides is 1. The summed E-state index contributed by atoms with van der Waals surface area (Å²) in [5.74, 6) is -0.841. The van der Waals surface area contributed by atoms with E-state index >= 15 is 0 Å². The third-order valence-corrected chi connectivity index (χ3v) is 7.68. The number of imidazole rings is 1. The third-order valence-electron chi connectivity index (χ3n) is 6.09. The molecule has 0 N–H and O–H groups in total. The first-order chi connectivity index (χ1) is 17.2. The van der Waals surface area contributed by atoms with Crippen molar-refractivity contribution in [2.24, 2.45) is 5.92 Å². The molecule has 1 atom stereocenters. The van der Waals surface area contributed by atoms with Crippen LogP contribution in [0, 0.1) is 11.7 Å². The van der Waals surface area contributed by atoms with Crippen LogP contribution in [0.2, 0.25) is 0 Å². The zero-order valence-corrected chi connectivity index (χ0v) is 21.5. The number of sulfone groups is 1. The normalized spacial score (nSPS) is 15.9. The van der Waals surface area contributed by atoms with Crippen molar-refractivity contribution >= 4 is 15.7 Å². The van der Waals surface area contributed by atoms with Gasteiger partial charge in [0.05, 0.1) is 30.3 Å². The van der Waals surface area contributed by atoms with Crippen LogP contribution in [-0.2, 0) is 33.4 Å². The second kappa shape index (κ2) is 11.3. The number of halogens is 1. The number of ether oxygens (including phenoxy) is 1. The lowest BCUT2D eigenvalue weighted by Crippen LogP contribution is -2.37. The molecule has 0 spiro atoms. The van der Waals surface area contributed by atoms with Crippen LogP contribution in [0.4, 0.5) is 4.39 Å². The van der Waals surface area contributed by atoms with Crippen molar-refractivity contribution in [1.29, 1.82) is 0 Å². The molecule has 7 nitrogen and oxygen atoms in total. The summed E-state index contributed by atoms with van der Waals surface area (Å²) in [7, 11) is -3.73. The van der Waals surface area contributed by atoms with Crippen LogP contribution >= 0.6 is 0 Å². The van der Waals surface area contributed by atoms with Crippen molar-refractivity contribution in [1.82, 2.24) is 14.5 Å². The molecule has 1 unspecified atom stereocenters. The topological polar surface area (TPSA) is 81.5 Å². The van der Waals surface area contributed by atoms with Crippen LogP contribution < -0.4 is 0 Å². The van der Waals surface area contributed by atoms with Crippen LogP contribution in [0.5, 0.6) is 0 Å². The zero-order valence-electron chi connectivity index (χ0n) is 20.6. The van der Waals surface area contributed by atoms with Crippen molar-refractivity contribution in [2.75, 3.05) is 13.2 Å². The predicted molar refractivity (Wildman–Crippen MR) is 135 cm³/mol. The summed E-state index contributed by atoms with van der Waals surface area (Å²) in [5, 5.41) is -0.00896. The monoisotopic (exact) mass is 513 g/mol. The third kappa shape index (κ3) is 6.39. The SMILES string of the molecule is CC(C)Cn1c(CN(CC2CCCO2)C(=O)c2cccc(F)c2)cnc1S(=O)(=O)Cc1ccccc1. The van der Waals surface area contributed by atoms with Gasteiger partial charge < -0.3 is 14.2 Å². The van der Waals surface area contributed by atoms with Gasteiger partial charge in [-0.2, -0.15) is 0 Å². The van der Waals surface area contributed by atoms with Gasteiger partial charge in [-0.05, 0) is 42.5 Å². The van der Waals surface area contributed by atoms with E-state index in [0.29, 0.717) is 31.0 Å². The first-order valence-electron chi connectivity index (χ1n) is 12.2. The lowest BCUT2D eigenvalue weighted by atomic mass is 10.1. The smallest absolute Gasteiger partial charge is 0.254 e. The number of aromatic nitrogens is 2. The summed E-state index contributed by atoms with van der Waals surface area (Å²) in [6, 6.07) is 14.6. The minimum atomic E-state index is -3.73. The molecule has 2 heterocycles. The zero-order chi connectivity index (χ0) is 25.7. The quantitative estimate of drug-likeness (QED) is 0.400. The van der Waals surface area contributed by atoms with Crippen molar-refractivity contribution in [3.63, 3.8) is 0 Å². The Balaban J connectivity index is 1.66. The fraction of sp³-hybridized carbons (Fsp3) is 0.407. The molecule has 36 heavy (non-hydrogen) atoms. The number of carbonyl (C=O) groups is 1. The molecule has 4 rings (SSSR count). The van der Waals surface area contributed by atoms with Gasteiger partial charge in [0, 0.05) is 25.3 Å². The minimum Gasteiger partial charge on any atom is -0.376 e. The van der Waals surface area contributed by atoms with Crippen LogP contribution in [0.25, 0.3) is 0 Å².